The number of morpholine rings is 1. The van der Waals surface area contributed by atoms with Gasteiger partial charge in [-0.3, -0.25) is 9.89 Å². The molecule has 6 nitrogen and oxygen atoms in total. The summed E-state index contributed by atoms with van der Waals surface area (Å²) < 4.78 is 5.75. The minimum absolute atomic E-state index is 0.210. The van der Waals surface area contributed by atoms with Gasteiger partial charge in [-0.15, -0.1) is 0 Å². The van der Waals surface area contributed by atoms with E-state index in [0.717, 1.165) is 31.5 Å². The van der Waals surface area contributed by atoms with E-state index in [1.807, 2.05) is 4.90 Å². The van der Waals surface area contributed by atoms with Gasteiger partial charge in [-0.05, 0) is 25.2 Å². The van der Waals surface area contributed by atoms with Gasteiger partial charge in [-0.2, -0.15) is 5.10 Å². The minimum Gasteiger partial charge on any atom is -0.366 e. The molecule has 0 bridgehead atoms. The first-order valence-electron chi connectivity index (χ1n) is 8.23. The van der Waals surface area contributed by atoms with E-state index in [4.69, 9.17) is 4.74 Å². The van der Waals surface area contributed by atoms with Crippen LogP contribution in [0.5, 0.6) is 0 Å². The molecule has 1 aromatic rings. The molecule has 2 atom stereocenters. The number of nitrogens with one attached hydrogen (secondary N) is 1. The number of carbonyl (C=O) groups is 1. The molecule has 0 saturated carbocycles. The summed E-state index contributed by atoms with van der Waals surface area (Å²) in [6.07, 6.45) is 8.85. The van der Waals surface area contributed by atoms with Crippen molar-refractivity contribution in [1.82, 2.24) is 20.1 Å². The van der Waals surface area contributed by atoms with Crippen LogP contribution in [0.15, 0.2) is 12.2 Å². The van der Waals surface area contributed by atoms with Crippen LogP contribution in [-0.2, 0) is 16.0 Å². The highest BCUT2D eigenvalue weighted by atomic mass is 16.5. The van der Waals surface area contributed by atoms with Crippen molar-refractivity contribution in [3.63, 3.8) is 0 Å². The zero-order valence-corrected chi connectivity index (χ0v) is 13.1. The van der Waals surface area contributed by atoms with Gasteiger partial charge in [0.2, 0.25) is 5.91 Å². The van der Waals surface area contributed by atoms with Crippen molar-refractivity contribution in [2.75, 3.05) is 19.7 Å². The molecule has 120 valence electrons. The Hall–Kier alpha value is -1.69. The second-order valence-electron chi connectivity index (χ2n) is 6.06. The van der Waals surface area contributed by atoms with Gasteiger partial charge in [0, 0.05) is 19.4 Å². The molecule has 1 aromatic heterocycles. The van der Waals surface area contributed by atoms with Gasteiger partial charge in [0.25, 0.3) is 0 Å². The number of hydrogen-bond acceptors (Lipinski definition) is 4. The summed E-state index contributed by atoms with van der Waals surface area (Å²) in [5.41, 5.74) is 0. The zero-order valence-electron chi connectivity index (χ0n) is 13.1. The molecule has 3 rings (SSSR count). The van der Waals surface area contributed by atoms with Gasteiger partial charge >= 0.3 is 0 Å². The third kappa shape index (κ3) is 3.55. The molecule has 22 heavy (non-hydrogen) atoms. The van der Waals surface area contributed by atoms with Crippen LogP contribution in [0.1, 0.15) is 50.4 Å². The third-order valence-corrected chi connectivity index (χ3v) is 4.29. The highest BCUT2D eigenvalue weighted by Gasteiger charge is 2.29. The molecule has 2 heterocycles. The standard InChI is InChI=1S/C16H24N4O2/c1-2-5-14-17-16(19-18-14)13-11-20(8-9-22-13)15(21)10-12-6-3-4-7-12/h3,6,12-13H,2,4-5,7-11H2,1H3,(H,17,18,19)/t12-,13-/m1/s1. The first-order valence-corrected chi connectivity index (χ1v) is 8.23. The average Bonchev–Trinajstić information content (AvgIpc) is 3.19. The molecule has 1 aliphatic heterocycles. The fourth-order valence-electron chi connectivity index (χ4n) is 3.05. The van der Waals surface area contributed by atoms with E-state index in [1.54, 1.807) is 0 Å². The topological polar surface area (TPSA) is 71.1 Å². The molecular formula is C16H24N4O2. The Bertz CT molecular complexity index is 540. The van der Waals surface area contributed by atoms with Crippen molar-refractivity contribution in [2.24, 2.45) is 5.92 Å². The number of nitrogens with zero attached hydrogens (tertiary/aromatic N) is 3. The summed E-state index contributed by atoms with van der Waals surface area (Å²) in [6, 6.07) is 0. The Morgan fingerprint density at radius 2 is 2.45 bits per heavy atom. The Kier molecular flexibility index (Phi) is 4.87. The van der Waals surface area contributed by atoms with Gasteiger partial charge in [0.1, 0.15) is 11.9 Å². The summed E-state index contributed by atoms with van der Waals surface area (Å²) in [7, 11) is 0. The fraction of sp³-hybridized carbons (Fsp3) is 0.688. The molecule has 1 amide bonds. The molecule has 1 aliphatic carbocycles. The number of aryl methyl sites for hydroxylation is 1. The zero-order chi connectivity index (χ0) is 15.4. The third-order valence-electron chi connectivity index (χ3n) is 4.29. The molecular weight excluding hydrogens is 280 g/mol. The van der Waals surface area contributed by atoms with Gasteiger partial charge in [0.15, 0.2) is 5.82 Å². The van der Waals surface area contributed by atoms with Crippen LogP contribution >= 0.6 is 0 Å². The van der Waals surface area contributed by atoms with Crippen molar-refractivity contribution in [1.29, 1.82) is 0 Å². The summed E-state index contributed by atoms with van der Waals surface area (Å²) in [5.74, 6) is 2.19. The van der Waals surface area contributed by atoms with Crippen LogP contribution in [0.25, 0.3) is 0 Å². The summed E-state index contributed by atoms with van der Waals surface area (Å²) in [4.78, 5) is 18.8. The largest absolute Gasteiger partial charge is 0.366 e. The van der Waals surface area contributed by atoms with Gasteiger partial charge in [-0.25, -0.2) is 4.98 Å². The Labute approximate surface area is 130 Å². The van der Waals surface area contributed by atoms with Crippen LogP contribution in [0.2, 0.25) is 0 Å². The molecule has 2 aliphatic rings. The normalized spacial score (nSPS) is 24.9. The predicted octanol–water partition coefficient (Wildman–Crippen LogP) is 2.01. The van der Waals surface area contributed by atoms with E-state index in [0.29, 0.717) is 37.9 Å². The van der Waals surface area contributed by atoms with Crippen LogP contribution in [0.3, 0.4) is 0 Å². The first-order chi connectivity index (χ1) is 10.8. The van der Waals surface area contributed by atoms with Crippen molar-refractivity contribution in [2.45, 2.75) is 45.1 Å². The predicted molar refractivity (Wildman–Crippen MR) is 82.1 cm³/mol. The Morgan fingerprint density at radius 3 is 3.23 bits per heavy atom. The molecule has 0 unspecified atom stereocenters. The average molecular weight is 304 g/mol. The first kappa shape index (κ1) is 15.2. The monoisotopic (exact) mass is 304 g/mol. The molecule has 0 spiro atoms. The van der Waals surface area contributed by atoms with Crippen molar-refractivity contribution < 1.29 is 9.53 Å². The van der Waals surface area contributed by atoms with E-state index in [9.17, 15) is 4.79 Å². The van der Waals surface area contributed by atoms with Gasteiger partial charge in [0.05, 0.1) is 13.2 Å². The number of H-pyrrole nitrogens is 1. The summed E-state index contributed by atoms with van der Waals surface area (Å²) in [6.45, 7) is 3.88. The highest BCUT2D eigenvalue weighted by Crippen LogP contribution is 2.24. The number of amides is 1. The van der Waals surface area contributed by atoms with E-state index < -0.39 is 0 Å². The van der Waals surface area contributed by atoms with Crippen LogP contribution < -0.4 is 0 Å². The maximum atomic E-state index is 12.4. The lowest BCUT2D eigenvalue weighted by atomic mass is 10.0. The summed E-state index contributed by atoms with van der Waals surface area (Å²) >= 11 is 0. The Balaban J connectivity index is 1.58. The lowest BCUT2D eigenvalue weighted by Crippen LogP contribution is -2.43. The van der Waals surface area contributed by atoms with E-state index >= 15 is 0 Å². The lowest BCUT2D eigenvalue weighted by Gasteiger charge is -2.32. The second kappa shape index (κ2) is 7.05. The maximum absolute atomic E-state index is 12.4. The number of aromatic nitrogens is 3. The SMILES string of the molecule is CCCc1nc([C@H]2CN(C(=O)C[C@@H]3C=CCC3)CCO2)n[nH]1. The minimum atomic E-state index is -0.210. The van der Waals surface area contributed by atoms with Crippen LogP contribution in [0.4, 0.5) is 0 Å². The van der Waals surface area contributed by atoms with Gasteiger partial charge < -0.3 is 9.64 Å². The Morgan fingerprint density at radius 1 is 1.55 bits per heavy atom. The highest BCUT2D eigenvalue weighted by molar-refractivity contribution is 5.76. The summed E-state index contributed by atoms with van der Waals surface area (Å²) in [5, 5.41) is 7.20. The maximum Gasteiger partial charge on any atom is 0.223 e. The quantitative estimate of drug-likeness (QED) is 0.845. The molecule has 6 heteroatoms. The van der Waals surface area contributed by atoms with Crippen LogP contribution in [0, 0.1) is 5.92 Å². The second-order valence-corrected chi connectivity index (χ2v) is 6.06. The number of ether oxygens (including phenoxy) is 1. The number of rotatable bonds is 5. The molecule has 0 radical (unpaired) electrons. The number of carbonyl (C=O) groups excluding carboxylic acids is 1. The van der Waals surface area contributed by atoms with Crippen LogP contribution in [-0.4, -0.2) is 45.7 Å². The number of hydrogen-bond donors (Lipinski definition) is 1. The smallest absolute Gasteiger partial charge is 0.223 e. The number of allylic oxidation sites excluding steroid dienone is 2. The van der Waals surface area contributed by atoms with Crippen molar-refractivity contribution >= 4 is 5.91 Å². The molecule has 1 N–H and O–H groups in total. The molecule has 1 fully saturated rings. The molecule has 0 aromatic carbocycles. The van der Waals surface area contributed by atoms with Crippen molar-refractivity contribution in [3.8, 4) is 0 Å². The van der Waals surface area contributed by atoms with Crippen molar-refractivity contribution in [3.05, 3.63) is 23.8 Å². The fourth-order valence-corrected chi connectivity index (χ4v) is 3.05. The van der Waals surface area contributed by atoms with Gasteiger partial charge in [-0.1, -0.05) is 19.1 Å². The van der Waals surface area contributed by atoms with E-state index in [-0.39, 0.29) is 12.0 Å². The lowest BCUT2D eigenvalue weighted by molar-refractivity contribution is -0.140. The molecule has 1 saturated heterocycles. The van der Waals surface area contributed by atoms with E-state index in [2.05, 4.69) is 34.3 Å². The van der Waals surface area contributed by atoms with E-state index in [1.165, 1.54) is 0 Å². The number of aromatic amines is 1.